The number of nitrogens with one attached hydrogen (secondary N) is 1. The van der Waals surface area contributed by atoms with Crippen molar-refractivity contribution in [3.05, 3.63) is 59.3 Å². The Bertz CT molecular complexity index is 1630. The van der Waals surface area contributed by atoms with Crippen LogP contribution in [0.15, 0.2) is 53.1 Å². The van der Waals surface area contributed by atoms with E-state index >= 15 is 0 Å². The van der Waals surface area contributed by atoms with Crippen molar-refractivity contribution in [1.82, 2.24) is 19.6 Å². The van der Waals surface area contributed by atoms with Gasteiger partial charge >= 0.3 is 5.97 Å². The van der Waals surface area contributed by atoms with Gasteiger partial charge in [-0.3, -0.25) is 19.3 Å². The predicted molar refractivity (Wildman–Crippen MR) is 201 cm³/mol. The molecule has 0 aliphatic carbocycles. The molecule has 2 aliphatic heterocycles. The minimum Gasteiger partial charge on any atom is -0.543 e. The second-order valence-electron chi connectivity index (χ2n) is 13.1. The standard InChI is InChI=1S/C37H51N7O7S2/c1-3-4-5-6-7-8-9-10-11-12-13-14-15-16-17-18-28(45)51-24-26-19-21-43(22-20-26)23-27-25-52-35-30(34(47)44(35)31(27)36(48)49)39-33(46)29(41-50-2)32-40-37(38)53-42-32/h10-11,19-22,30,35H,3-9,12-18,23-25H2,1-2H3,(H3-,38,39,40,42,46,48,49)/b11-10-,41-29?/t30?,35-/m0/s1. The lowest BCUT2D eigenvalue weighted by Gasteiger charge is -2.50. The molecule has 2 aromatic rings. The van der Waals surface area contributed by atoms with E-state index in [9.17, 15) is 24.3 Å². The van der Waals surface area contributed by atoms with E-state index in [1.54, 1.807) is 29.1 Å². The Morgan fingerprint density at radius 1 is 1.06 bits per heavy atom. The van der Waals surface area contributed by atoms with Crippen molar-refractivity contribution in [2.75, 3.05) is 18.6 Å². The molecule has 4 heterocycles. The van der Waals surface area contributed by atoms with Gasteiger partial charge in [-0.05, 0) is 32.1 Å². The van der Waals surface area contributed by atoms with Crippen LogP contribution in [0.5, 0.6) is 0 Å². The smallest absolute Gasteiger partial charge is 0.306 e. The average molecular weight is 770 g/mol. The topological polar surface area (TPSA) is 193 Å². The van der Waals surface area contributed by atoms with Crippen molar-refractivity contribution in [1.29, 1.82) is 0 Å². The number of anilines is 1. The minimum absolute atomic E-state index is 0.0562. The number of allylic oxidation sites excluding steroid dienone is 2. The van der Waals surface area contributed by atoms with Crippen LogP contribution in [0.1, 0.15) is 108 Å². The van der Waals surface area contributed by atoms with Crippen molar-refractivity contribution in [2.45, 2.75) is 121 Å². The van der Waals surface area contributed by atoms with Crippen LogP contribution in [0.4, 0.5) is 5.13 Å². The number of rotatable bonds is 24. The summed E-state index contributed by atoms with van der Waals surface area (Å²) in [4.78, 5) is 60.5. The SMILES string of the molecule is CCCCCCCC/C=C\CCCCCCCC(=O)OCc1cc[n+](CC2=C(C(=O)[O-])N3C(=O)C(NC(=O)C(=NOC)c4nsc(N)n4)[C@@H]3SC2)cc1. The molecule has 16 heteroatoms. The van der Waals surface area contributed by atoms with Crippen LogP contribution in [-0.2, 0) is 41.9 Å². The molecular weight excluding hydrogens is 719 g/mol. The molecule has 1 saturated heterocycles. The third-order valence-corrected chi connectivity index (χ3v) is 10.8. The number of aromatic nitrogens is 3. The van der Waals surface area contributed by atoms with E-state index < -0.39 is 29.2 Å². The summed E-state index contributed by atoms with van der Waals surface area (Å²) in [6.07, 6.45) is 24.2. The number of oxime groups is 1. The molecule has 3 N–H and O–H groups in total. The van der Waals surface area contributed by atoms with Gasteiger partial charge in [0, 0.05) is 47.0 Å². The number of amides is 2. The van der Waals surface area contributed by atoms with Crippen LogP contribution in [-0.4, -0.2) is 68.0 Å². The Kier molecular flexibility index (Phi) is 17.2. The van der Waals surface area contributed by atoms with Crippen LogP contribution in [0.3, 0.4) is 0 Å². The Labute approximate surface area is 319 Å². The number of carboxylic acid groups (broad SMARTS) is 1. The van der Waals surface area contributed by atoms with E-state index in [1.807, 2.05) is 0 Å². The minimum atomic E-state index is -1.48. The van der Waals surface area contributed by atoms with Gasteiger partial charge in [0.1, 0.15) is 25.1 Å². The summed E-state index contributed by atoms with van der Waals surface area (Å²) in [5.41, 5.74) is 6.42. The second-order valence-corrected chi connectivity index (χ2v) is 14.9. The number of carboxylic acids is 1. The molecule has 0 saturated carbocycles. The number of nitrogens with zero attached hydrogens (tertiary/aromatic N) is 5. The predicted octanol–water partition coefficient (Wildman–Crippen LogP) is 3.94. The van der Waals surface area contributed by atoms with Crippen molar-refractivity contribution >= 4 is 57.9 Å². The molecule has 0 bridgehead atoms. The van der Waals surface area contributed by atoms with E-state index in [4.69, 9.17) is 15.3 Å². The van der Waals surface area contributed by atoms with Gasteiger partial charge in [-0.25, -0.2) is 4.57 Å². The van der Waals surface area contributed by atoms with Gasteiger partial charge in [-0.2, -0.15) is 9.36 Å². The third kappa shape index (κ3) is 12.7. The molecule has 53 heavy (non-hydrogen) atoms. The first kappa shape index (κ1) is 41.4. The number of nitrogens with two attached hydrogens (primary N) is 1. The molecule has 2 aromatic heterocycles. The van der Waals surface area contributed by atoms with Gasteiger partial charge in [0.2, 0.25) is 11.5 Å². The highest BCUT2D eigenvalue weighted by atomic mass is 32.2. The number of β-lactam (4-membered cyclic amide) rings is 1. The first-order valence-corrected chi connectivity index (χ1v) is 20.2. The van der Waals surface area contributed by atoms with E-state index in [0.29, 0.717) is 12.0 Å². The first-order chi connectivity index (χ1) is 25.7. The number of nitrogen functional groups attached to an aromatic ring is 1. The summed E-state index contributed by atoms with van der Waals surface area (Å²) in [7, 11) is 1.25. The zero-order valence-electron chi connectivity index (χ0n) is 30.6. The zero-order valence-corrected chi connectivity index (χ0v) is 32.3. The molecule has 1 unspecified atom stereocenters. The van der Waals surface area contributed by atoms with Crippen LogP contribution in [0.25, 0.3) is 0 Å². The number of pyridine rings is 1. The zero-order chi connectivity index (χ0) is 38.0. The maximum atomic E-state index is 13.1. The Hall–Kier alpha value is -4.31. The van der Waals surface area contributed by atoms with E-state index in [2.05, 4.69) is 38.9 Å². The monoisotopic (exact) mass is 769 g/mol. The Morgan fingerprint density at radius 3 is 2.34 bits per heavy atom. The highest BCUT2D eigenvalue weighted by molar-refractivity contribution is 8.00. The number of carbonyl (C=O) groups excluding carboxylic acids is 4. The van der Waals surface area contributed by atoms with Crippen molar-refractivity contribution < 1.29 is 38.4 Å². The number of hydrogen-bond acceptors (Lipinski definition) is 13. The fraction of sp³-hybridized carbons (Fsp3) is 0.568. The van der Waals surface area contributed by atoms with Gasteiger partial charge in [0.25, 0.3) is 11.8 Å². The highest BCUT2D eigenvalue weighted by Crippen LogP contribution is 2.40. The molecule has 0 aromatic carbocycles. The van der Waals surface area contributed by atoms with Crippen LogP contribution >= 0.6 is 23.3 Å². The molecule has 2 atom stereocenters. The first-order valence-electron chi connectivity index (χ1n) is 18.4. The average Bonchev–Trinajstić information content (AvgIpc) is 3.59. The number of ether oxygens (including phenoxy) is 1. The summed E-state index contributed by atoms with van der Waals surface area (Å²) in [6.45, 7) is 2.59. The van der Waals surface area contributed by atoms with Gasteiger partial charge in [0.15, 0.2) is 24.1 Å². The number of esters is 1. The van der Waals surface area contributed by atoms with E-state index in [1.165, 1.54) is 76.7 Å². The lowest BCUT2D eigenvalue weighted by Crippen LogP contribution is -2.71. The van der Waals surface area contributed by atoms with Crippen molar-refractivity contribution in [2.24, 2.45) is 5.16 Å². The molecular formula is C37H51N7O7S2. The number of aliphatic carboxylic acids is 1. The van der Waals surface area contributed by atoms with E-state index in [-0.39, 0.29) is 47.2 Å². The fourth-order valence-corrected chi connectivity index (χ4v) is 7.87. The van der Waals surface area contributed by atoms with Gasteiger partial charge in [0.05, 0.1) is 11.7 Å². The number of unbranched alkanes of at least 4 members (excludes halogenated alkanes) is 11. The fourth-order valence-electron chi connectivity index (χ4n) is 6.10. The van der Waals surface area contributed by atoms with Gasteiger partial charge in [-0.1, -0.05) is 75.6 Å². The summed E-state index contributed by atoms with van der Waals surface area (Å²) in [5.74, 6) is -2.84. The number of thioether (sulfide) groups is 1. The molecule has 288 valence electrons. The Morgan fingerprint density at radius 2 is 1.72 bits per heavy atom. The largest absolute Gasteiger partial charge is 0.543 e. The maximum Gasteiger partial charge on any atom is 0.306 e. The van der Waals surface area contributed by atoms with Crippen LogP contribution < -0.4 is 20.7 Å². The quantitative estimate of drug-likeness (QED) is 0.0299. The van der Waals surface area contributed by atoms with Crippen molar-refractivity contribution in [3.8, 4) is 0 Å². The lowest BCUT2D eigenvalue weighted by atomic mass is 10.0. The highest BCUT2D eigenvalue weighted by Gasteiger charge is 2.53. The van der Waals surface area contributed by atoms with E-state index in [0.717, 1.165) is 47.7 Å². The molecule has 14 nitrogen and oxygen atoms in total. The van der Waals surface area contributed by atoms with Crippen LogP contribution in [0, 0.1) is 0 Å². The number of carbonyl (C=O) groups is 4. The molecule has 4 rings (SSSR count). The summed E-state index contributed by atoms with van der Waals surface area (Å²) < 4.78 is 11.2. The normalized spacial score (nSPS) is 17.1. The van der Waals surface area contributed by atoms with Crippen molar-refractivity contribution in [3.63, 3.8) is 0 Å². The third-order valence-electron chi connectivity index (χ3n) is 8.95. The van der Waals surface area contributed by atoms with Gasteiger partial charge in [-0.15, -0.1) is 11.8 Å². The summed E-state index contributed by atoms with van der Waals surface area (Å²) in [6, 6.07) is 2.60. The number of fused-ring (bicyclic) bond motifs is 1. The molecule has 2 aliphatic rings. The Balaban J connectivity index is 1.15. The van der Waals surface area contributed by atoms with Crippen LogP contribution in [0.2, 0.25) is 0 Å². The maximum absolute atomic E-state index is 13.1. The molecule has 1 fully saturated rings. The molecule has 2 amide bonds. The second kappa shape index (κ2) is 22.0. The summed E-state index contributed by atoms with van der Waals surface area (Å²) in [5, 5.41) is 18.0. The lowest BCUT2D eigenvalue weighted by molar-refractivity contribution is -0.689. The van der Waals surface area contributed by atoms with Gasteiger partial charge < -0.3 is 30.5 Å². The summed E-state index contributed by atoms with van der Waals surface area (Å²) >= 11 is 2.19. The number of hydrogen-bond donors (Lipinski definition) is 2. The molecule has 0 spiro atoms. The molecule has 0 radical (unpaired) electrons.